The standard InChI is InChI=1S/C14H17ClN2OS/c1-3-12(10-4-6-11(18-2)7-5-10)16-9-14-17-8-13(15)19-14/h4-8,12,16H,3,9H2,1-2H3. The quantitative estimate of drug-likeness (QED) is 0.873. The Morgan fingerprint density at radius 3 is 2.63 bits per heavy atom. The third-order valence-electron chi connectivity index (χ3n) is 2.95. The van der Waals surface area contributed by atoms with Crippen LogP contribution in [0.25, 0.3) is 0 Å². The van der Waals surface area contributed by atoms with Crippen molar-refractivity contribution in [1.29, 1.82) is 0 Å². The van der Waals surface area contributed by atoms with Crippen molar-refractivity contribution >= 4 is 22.9 Å². The normalized spacial score (nSPS) is 12.4. The number of ether oxygens (including phenoxy) is 1. The van der Waals surface area contributed by atoms with Crippen LogP contribution in [-0.4, -0.2) is 12.1 Å². The van der Waals surface area contributed by atoms with E-state index in [4.69, 9.17) is 16.3 Å². The number of benzene rings is 1. The van der Waals surface area contributed by atoms with E-state index in [9.17, 15) is 0 Å². The third kappa shape index (κ3) is 3.93. The molecule has 1 aromatic heterocycles. The number of nitrogens with one attached hydrogen (secondary N) is 1. The van der Waals surface area contributed by atoms with Gasteiger partial charge in [-0.2, -0.15) is 0 Å². The molecule has 1 N–H and O–H groups in total. The number of thiazole rings is 1. The van der Waals surface area contributed by atoms with Crippen LogP contribution < -0.4 is 10.1 Å². The van der Waals surface area contributed by atoms with Crippen molar-refractivity contribution in [2.45, 2.75) is 25.9 Å². The minimum atomic E-state index is 0.314. The molecule has 0 aliphatic rings. The van der Waals surface area contributed by atoms with Crippen LogP contribution in [0, 0.1) is 0 Å². The van der Waals surface area contributed by atoms with Crippen LogP contribution in [0.1, 0.15) is 30.0 Å². The Labute approximate surface area is 122 Å². The summed E-state index contributed by atoms with van der Waals surface area (Å²) in [5.74, 6) is 0.880. The van der Waals surface area contributed by atoms with Gasteiger partial charge in [0.25, 0.3) is 0 Å². The van der Waals surface area contributed by atoms with Crippen LogP contribution in [0.15, 0.2) is 30.5 Å². The highest BCUT2D eigenvalue weighted by atomic mass is 35.5. The summed E-state index contributed by atoms with van der Waals surface area (Å²) >= 11 is 7.39. The molecule has 0 spiro atoms. The number of aromatic nitrogens is 1. The lowest BCUT2D eigenvalue weighted by atomic mass is 10.0. The SMILES string of the molecule is CCC(NCc1ncc(Cl)s1)c1ccc(OC)cc1. The number of nitrogens with zero attached hydrogens (tertiary/aromatic N) is 1. The van der Waals surface area contributed by atoms with E-state index in [1.54, 1.807) is 13.3 Å². The zero-order valence-electron chi connectivity index (χ0n) is 11.0. The number of halogens is 1. The van der Waals surface area contributed by atoms with Crippen LogP contribution in [0.3, 0.4) is 0 Å². The van der Waals surface area contributed by atoms with Crippen molar-refractivity contribution < 1.29 is 4.74 Å². The molecule has 0 bridgehead atoms. The Morgan fingerprint density at radius 1 is 1.37 bits per heavy atom. The molecular formula is C14H17ClN2OS. The molecule has 0 aliphatic heterocycles. The molecule has 1 atom stereocenters. The molecule has 3 nitrogen and oxygen atoms in total. The van der Waals surface area contributed by atoms with E-state index in [1.807, 2.05) is 12.1 Å². The summed E-state index contributed by atoms with van der Waals surface area (Å²) in [4.78, 5) is 4.25. The molecule has 0 aliphatic carbocycles. The van der Waals surface area contributed by atoms with Gasteiger partial charge >= 0.3 is 0 Å². The van der Waals surface area contributed by atoms with Gasteiger partial charge in [0, 0.05) is 12.6 Å². The minimum Gasteiger partial charge on any atom is -0.497 e. The molecule has 0 radical (unpaired) electrons. The van der Waals surface area contributed by atoms with Gasteiger partial charge in [0.1, 0.15) is 15.1 Å². The summed E-state index contributed by atoms with van der Waals surface area (Å²) in [7, 11) is 1.68. The number of methoxy groups -OCH3 is 1. The Morgan fingerprint density at radius 2 is 2.11 bits per heavy atom. The topological polar surface area (TPSA) is 34.2 Å². The fourth-order valence-electron chi connectivity index (χ4n) is 1.91. The van der Waals surface area contributed by atoms with Gasteiger partial charge in [-0.1, -0.05) is 30.7 Å². The first-order valence-electron chi connectivity index (χ1n) is 6.20. The molecule has 0 saturated carbocycles. The second kappa shape index (κ2) is 6.89. The van der Waals surface area contributed by atoms with Gasteiger partial charge < -0.3 is 10.1 Å². The average Bonchev–Trinajstić information content (AvgIpc) is 2.86. The van der Waals surface area contributed by atoms with Gasteiger partial charge in [0.05, 0.1) is 13.3 Å². The average molecular weight is 297 g/mol. The van der Waals surface area contributed by atoms with Crippen LogP contribution in [0.4, 0.5) is 0 Å². The van der Waals surface area contributed by atoms with Gasteiger partial charge in [-0.05, 0) is 24.1 Å². The second-order valence-corrected chi connectivity index (χ2v) is 5.92. The van der Waals surface area contributed by atoms with Crippen molar-refractivity contribution in [2.24, 2.45) is 0 Å². The molecule has 0 saturated heterocycles. The van der Waals surface area contributed by atoms with E-state index in [2.05, 4.69) is 29.4 Å². The second-order valence-electron chi connectivity index (χ2n) is 4.17. The molecule has 1 aromatic carbocycles. The fourth-order valence-corrected chi connectivity index (χ4v) is 2.82. The summed E-state index contributed by atoms with van der Waals surface area (Å²) in [6, 6.07) is 8.47. The lowest BCUT2D eigenvalue weighted by molar-refractivity contribution is 0.414. The number of rotatable bonds is 6. The van der Waals surface area contributed by atoms with Crippen LogP contribution >= 0.6 is 22.9 Å². The van der Waals surface area contributed by atoms with E-state index in [-0.39, 0.29) is 0 Å². The minimum absolute atomic E-state index is 0.314. The van der Waals surface area contributed by atoms with Crippen LogP contribution in [0.2, 0.25) is 4.34 Å². The summed E-state index contributed by atoms with van der Waals surface area (Å²) in [6.07, 6.45) is 2.71. The van der Waals surface area contributed by atoms with E-state index < -0.39 is 0 Å². The van der Waals surface area contributed by atoms with Crippen LogP contribution in [-0.2, 0) is 6.54 Å². The summed E-state index contributed by atoms with van der Waals surface area (Å²) in [5, 5.41) is 4.51. The highest BCUT2D eigenvalue weighted by Gasteiger charge is 2.10. The Kier molecular flexibility index (Phi) is 5.19. The molecule has 19 heavy (non-hydrogen) atoms. The van der Waals surface area contributed by atoms with Gasteiger partial charge in [-0.3, -0.25) is 0 Å². The van der Waals surface area contributed by atoms with Crippen molar-refractivity contribution in [3.63, 3.8) is 0 Å². The fraction of sp³-hybridized carbons (Fsp3) is 0.357. The van der Waals surface area contributed by atoms with Gasteiger partial charge in [-0.15, -0.1) is 11.3 Å². The van der Waals surface area contributed by atoms with E-state index >= 15 is 0 Å². The maximum Gasteiger partial charge on any atom is 0.118 e. The molecular weight excluding hydrogens is 280 g/mol. The molecule has 1 unspecified atom stereocenters. The Balaban J connectivity index is 1.98. The van der Waals surface area contributed by atoms with Crippen LogP contribution in [0.5, 0.6) is 5.75 Å². The molecule has 2 rings (SSSR count). The zero-order chi connectivity index (χ0) is 13.7. The molecule has 1 heterocycles. The summed E-state index contributed by atoms with van der Waals surface area (Å²) < 4.78 is 5.90. The molecule has 0 amide bonds. The lowest BCUT2D eigenvalue weighted by Crippen LogP contribution is -2.20. The van der Waals surface area contributed by atoms with E-state index in [0.29, 0.717) is 6.04 Å². The maximum absolute atomic E-state index is 5.87. The molecule has 0 fully saturated rings. The van der Waals surface area contributed by atoms with Crippen molar-refractivity contribution in [3.05, 3.63) is 45.4 Å². The zero-order valence-corrected chi connectivity index (χ0v) is 12.6. The number of hydrogen-bond donors (Lipinski definition) is 1. The van der Waals surface area contributed by atoms with Gasteiger partial charge in [0.15, 0.2) is 0 Å². The first-order chi connectivity index (χ1) is 9.22. The molecule has 5 heteroatoms. The Hall–Kier alpha value is -1.10. The lowest BCUT2D eigenvalue weighted by Gasteiger charge is -2.17. The first kappa shape index (κ1) is 14.3. The van der Waals surface area contributed by atoms with Crippen molar-refractivity contribution in [2.75, 3.05) is 7.11 Å². The van der Waals surface area contributed by atoms with E-state index in [1.165, 1.54) is 16.9 Å². The van der Waals surface area contributed by atoms with Crippen molar-refractivity contribution in [1.82, 2.24) is 10.3 Å². The summed E-state index contributed by atoms with van der Waals surface area (Å²) in [6.45, 7) is 2.90. The van der Waals surface area contributed by atoms with Gasteiger partial charge in [0.2, 0.25) is 0 Å². The molecule has 102 valence electrons. The largest absolute Gasteiger partial charge is 0.497 e. The van der Waals surface area contributed by atoms with Gasteiger partial charge in [-0.25, -0.2) is 4.98 Å². The monoisotopic (exact) mass is 296 g/mol. The highest BCUT2D eigenvalue weighted by Crippen LogP contribution is 2.22. The van der Waals surface area contributed by atoms with E-state index in [0.717, 1.165) is 28.1 Å². The predicted octanol–water partition coefficient (Wildman–Crippen LogP) is 4.05. The predicted molar refractivity (Wildman–Crippen MR) is 80.0 cm³/mol. The smallest absolute Gasteiger partial charge is 0.118 e. The number of hydrogen-bond acceptors (Lipinski definition) is 4. The molecule has 2 aromatic rings. The maximum atomic E-state index is 5.87. The Bertz CT molecular complexity index is 512. The first-order valence-corrected chi connectivity index (χ1v) is 7.40. The third-order valence-corrected chi connectivity index (χ3v) is 4.07. The summed E-state index contributed by atoms with van der Waals surface area (Å²) in [5.41, 5.74) is 1.26. The highest BCUT2D eigenvalue weighted by molar-refractivity contribution is 7.15. The van der Waals surface area contributed by atoms with Crippen molar-refractivity contribution in [3.8, 4) is 5.75 Å².